The smallest absolute Gasteiger partial charge is 0.127 e. The van der Waals surface area contributed by atoms with Gasteiger partial charge in [0.25, 0.3) is 0 Å². The molecule has 0 radical (unpaired) electrons. The fraction of sp³-hybridized carbons (Fsp3) is 0.273. The molecule has 186 valence electrons. The van der Waals surface area contributed by atoms with Gasteiger partial charge in [-0.2, -0.15) is 0 Å². The van der Waals surface area contributed by atoms with Crippen LogP contribution >= 0.6 is 8.58 Å². The molecule has 4 rings (SSSR count). The van der Waals surface area contributed by atoms with Crippen LogP contribution in [0.25, 0.3) is 0 Å². The molecular weight excluding hydrogens is 459 g/mol. The quantitative estimate of drug-likeness (QED) is 0.214. The molecule has 0 aliphatic carbocycles. The van der Waals surface area contributed by atoms with Gasteiger partial charge in [0.2, 0.25) is 0 Å². The second-order valence-corrected chi connectivity index (χ2v) is 11.2. The van der Waals surface area contributed by atoms with E-state index >= 15 is 0 Å². The van der Waals surface area contributed by atoms with Gasteiger partial charge in [-0.25, -0.2) is 0 Å². The summed E-state index contributed by atoms with van der Waals surface area (Å²) in [5.74, 6) is 1.01. The molecule has 2 unspecified atom stereocenters. The van der Waals surface area contributed by atoms with Crippen LogP contribution in [0.1, 0.15) is 67.5 Å². The standard InChI is InChI=1S/C33H37O2P/c1-4-33(5-2,36-31-22-13-12-20-29(31)25(3)34)30-21-14-19-28(23-26-15-8-6-9-16-26)32(30)35-24-27-17-10-7-11-18-27/h6-22,25,34,36H,4-5,23-24H2,1-3H3. The summed E-state index contributed by atoms with van der Waals surface area (Å²) in [5, 5.41) is 11.6. The van der Waals surface area contributed by atoms with Crippen LogP contribution in [0, 0.1) is 0 Å². The molecule has 0 aliphatic heterocycles. The lowest BCUT2D eigenvalue weighted by Gasteiger charge is -2.35. The molecule has 4 aromatic carbocycles. The third kappa shape index (κ3) is 6.06. The molecule has 0 fully saturated rings. The van der Waals surface area contributed by atoms with Gasteiger partial charge in [-0.1, -0.05) is 126 Å². The van der Waals surface area contributed by atoms with Crippen molar-refractivity contribution in [2.24, 2.45) is 0 Å². The van der Waals surface area contributed by atoms with Crippen molar-refractivity contribution < 1.29 is 9.84 Å². The number of aliphatic hydroxyl groups is 1. The lowest BCUT2D eigenvalue weighted by molar-refractivity contribution is 0.200. The Morgan fingerprint density at radius 3 is 2.00 bits per heavy atom. The first-order valence-electron chi connectivity index (χ1n) is 12.9. The average molecular weight is 497 g/mol. The maximum absolute atomic E-state index is 10.5. The Bertz CT molecular complexity index is 1230. The first-order valence-corrected chi connectivity index (χ1v) is 13.9. The van der Waals surface area contributed by atoms with E-state index in [0.717, 1.165) is 30.6 Å². The summed E-state index contributed by atoms with van der Waals surface area (Å²) in [6.07, 6.45) is 2.33. The van der Waals surface area contributed by atoms with E-state index in [9.17, 15) is 5.11 Å². The van der Waals surface area contributed by atoms with E-state index in [-0.39, 0.29) is 5.16 Å². The molecule has 0 bridgehead atoms. The summed E-state index contributed by atoms with van der Waals surface area (Å²) < 4.78 is 6.71. The van der Waals surface area contributed by atoms with Crippen LogP contribution in [0.5, 0.6) is 5.75 Å². The molecule has 0 aromatic heterocycles. The summed E-state index contributed by atoms with van der Waals surface area (Å²) in [6.45, 7) is 6.97. The Hall–Kier alpha value is -2.93. The Labute approximate surface area is 218 Å². The van der Waals surface area contributed by atoms with Gasteiger partial charge in [0.05, 0.1) is 6.10 Å². The highest BCUT2D eigenvalue weighted by atomic mass is 31.1. The molecule has 0 spiro atoms. The number of ether oxygens (including phenoxy) is 1. The van der Waals surface area contributed by atoms with Gasteiger partial charge >= 0.3 is 0 Å². The number of aliphatic hydroxyl groups excluding tert-OH is 1. The zero-order chi connectivity index (χ0) is 25.4. The minimum Gasteiger partial charge on any atom is -0.488 e. The Kier molecular flexibility index (Phi) is 8.97. The summed E-state index contributed by atoms with van der Waals surface area (Å²) in [5.41, 5.74) is 5.96. The van der Waals surface area contributed by atoms with Crippen molar-refractivity contribution in [3.8, 4) is 5.75 Å². The first-order chi connectivity index (χ1) is 17.6. The molecular formula is C33H37O2P. The molecule has 0 heterocycles. The summed E-state index contributed by atoms with van der Waals surface area (Å²) >= 11 is 0. The highest BCUT2D eigenvalue weighted by Crippen LogP contribution is 2.51. The summed E-state index contributed by atoms with van der Waals surface area (Å²) in [7, 11) is 0.527. The van der Waals surface area contributed by atoms with Crippen LogP contribution in [0.4, 0.5) is 0 Å². The fourth-order valence-corrected chi connectivity index (χ4v) is 6.74. The van der Waals surface area contributed by atoms with Gasteiger partial charge in [0, 0.05) is 17.1 Å². The predicted molar refractivity (Wildman–Crippen MR) is 154 cm³/mol. The summed E-state index contributed by atoms with van der Waals surface area (Å²) in [6, 6.07) is 36.0. The fourth-order valence-electron chi connectivity index (χ4n) is 4.92. The van der Waals surface area contributed by atoms with E-state index < -0.39 is 6.10 Å². The lowest BCUT2D eigenvalue weighted by Crippen LogP contribution is -2.25. The number of benzene rings is 4. The number of para-hydroxylation sites is 1. The maximum Gasteiger partial charge on any atom is 0.127 e. The minimum atomic E-state index is -0.488. The van der Waals surface area contributed by atoms with Gasteiger partial charge < -0.3 is 9.84 Å². The molecule has 0 aliphatic rings. The predicted octanol–water partition coefficient (Wildman–Crippen LogP) is 7.93. The van der Waals surface area contributed by atoms with Crippen molar-refractivity contribution in [3.63, 3.8) is 0 Å². The van der Waals surface area contributed by atoms with Crippen molar-refractivity contribution in [3.05, 3.63) is 131 Å². The van der Waals surface area contributed by atoms with Crippen molar-refractivity contribution in [2.45, 2.75) is 57.9 Å². The van der Waals surface area contributed by atoms with Crippen molar-refractivity contribution >= 4 is 13.9 Å². The third-order valence-electron chi connectivity index (χ3n) is 7.07. The molecule has 36 heavy (non-hydrogen) atoms. The molecule has 0 saturated heterocycles. The molecule has 1 N–H and O–H groups in total. The second kappa shape index (κ2) is 12.3. The third-order valence-corrected chi connectivity index (χ3v) is 9.25. The minimum absolute atomic E-state index is 0.0797. The average Bonchev–Trinajstić information content (AvgIpc) is 2.92. The molecule has 3 heteroatoms. The van der Waals surface area contributed by atoms with Gasteiger partial charge in [-0.05, 0) is 47.3 Å². The van der Waals surface area contributed by atoms with Crippen molar-refractivity contribution in [2.75, 3.05) is 0 Å². The van der Waals surface area contributed by atoms with E-state index in [2.05, 4.69) is 105 Å². The molecule has 0 amide bonds. The van der Waals surface area contributed by atoms with Crippen LogP contribution in [-0.2, 0) is 18.2 Å². The van der Waals surface area contributed by atoms with Crippen LogP contribution < -0.4 is 10.0 Å². The SMILES string of the molecule is CCC(CC)(Pc1ccccc1C(C)O)c1cccc(Cc2ccccc2)c1OCc1ccccc1. The lowest BCUT2D eigenvalue weighted by atomic mass is 9.89. The van der Waals surface area contributed by atoms with Gasteiger partial charge in [0.15, 0.2) is 0 Å². The maximum atomic E-state index is 10.5. The van der Waals surface area contributed by atoms with Gasteiger partial charge in [-0.15, -0.1) is 0 Å². The van der Waals surface area contributed by atoms with Crippen molar-refractivity contribution in [1.29, 1.82) is 0 Å². The number of hydrogen-bond donors (Lipinski definition) is 1. The Morgan fingerprint density at radius 1 is 0.750 bits per heavy atom. The van der Waals surface area contributed by atoms with Crippen LogP contribution in [0.15, 0.2) is 103 Å². The Morgan fingerprint density at radius 2 is 1.36 bits per heavy atom. The normalized spacial score (nSPS) is 12.7. The number of rotatable bonds is 11. The molecule has 0 saturated carbocycles. The van der Waals surface area contributed by atoms with E-state index in [1.165, 1.54) is 27.6 Å². The van der Waals surface area contributed by atoms with Crippen LogP contribution in [0.2, 0.25) is 0 Å². The first kappa shape index (κ1) is 26.1. The zero-order valence-electron chi connectivity index (χ0n) is 21.6. The van der Waals surface area contributed by atoms with Crippen molar-refractivity contribution in [1.82, 2.24) is 0 Å². The molecule has 4 aromatic rings. The summed E-state index contributed by atoms with van der Waals surface area (Å²) in [4.78, 5) is 0. The highest BCUT2D eigenvalue weighted by molar-refractivity contribution is 7.48. The van der Waals surface area contributed by atoms with Crippen LogP contribution in [-0.4, -0.2) is 5.11 Å². The van der Waals surface area contributed by atoms with E-state index in [0.29, 0.717) is 15.2 Å². The Balaban J connectivity index is 1.79. The monoisotopic (exact) mass is 496 g/mol. The molecule has 2 nitrogen and oxygen atoms in total. The number of hydrogen-bond acceptors (Lipinski definition) is 2. The second-order valence-electron chi connectivity index (χ2n) is 9.41. The van der Waals surface area contributed by atoms with E-state index in [1.807, 2.05) is 19.1 Å². The zero-order valence-corrected chi connectivity index (χ0v) is 22.6. The molecule has 2 atom stereocenters. The highest BCUT2D eigenvalue weighted by Gasteiger charge is 2.34. The van der Waals surface area contributed by atoms with Crippen LogP contribution in [0.3, 0.4) is 0 Å². The topological polar surface area (TPSA) is 29.5 Å². The van der Waals surface area contributed by atoms with Gasteiger partial charge in [0.1, 0.15) is 12.4 Å². The largest absolute Gasteiger partial charge is 0.488 e. The van der Waals surface area contributed by atoms with E-state index in [4.69, 9.17) is 4.74 Å². The van der Waals surface area contributed by atoms with E-state index in [1.54, 1.807) is 0 Å². The van der Waals surface area contributed by atoms with Gasteiger partial charge in [-0.3, -0.25) is 0 Å².